The molecule has 0 saturated heterocycles. The summed E-state index contributed by atoms with van der Waals surface area (Å²) in [4.78, 5) is 0. The van der Waals surface area contributed by atoms with Gasteiger partial charge >= 0.3 is 0 Å². The van der Waals surface area contributed by atoms with Gasteiger partial charge in [0.25, 0.3) is 0 Å². The Morgan fingerprint density at radius 2 is 0.872 bits per heavy atom. The van der Waals surface area contributed by atoms with E-state index < -0.39 is 0 Å². The predicted molar refractivity (Wildman–Crippen MR) is 173 cm³/mol. The molecule has 0 aliphatic heterocycles. The predicted octanol–water partition coefficient (Wildman–Crippen LogP) is 11.9. The molecule has 1 heterocycles. The van der Waals surface area contributed by atoms with E-state index in [0.717, 1.165) is 6.42 Å². The van der Waals surface area contributed by atoms with Gasteiger partial charge in [-0.25, -0.2) is 0 Å². The maximum atomic E-state index is 2.55. The molecule has 0 spiro atoms. The van der Waals surface area contributed by atoms with Crippen LogP contribution in [0.1, 0.15) is 178 Å². The molecule has 1 nitrogen and oxygen atoms in total. The first-order valence-corrected chi connectivity index (χ1v) is 17.4. The molecule has 2 aromatic rings. The number of hydrogen-bond acceptors (Lipinski definition) is 0. The van der Waals surface area contributed by atoms with Crippen LogP contribution in [0.5, 0.6) is 0 Å². The Bertz CT molecular complexity index is 769. The molecular formula is C38H64N+. The third kappa shape index (κ3) is 15.7. The number of pyridine rings is 1. The van der Waals surface area contributed by atoms with Crippen molar-refractivity contribution < 1.29 is 4.57 Å². The summed E-state index contributed by atoms with van der Waals surface area (Å²) in [5, 5.41) is 0. The number of rotatable bonds is 25. The highest BCUT2D eigenvalue weighted by Gasteiger charge is 2.20. The lowest BCUT2D eigenvalue weighted by Gasteiger charge is -2.14. The molecule has 1 aromatic heterocycles. The van der Waals surface area contributed by atoms with Crippen molar-refractivity contribution in [2.24, 2.45) is 0 Å². The van der Waals surface area contributed by atoms with Crippen molar-refractivity contribution >= 4 is 0 Å². The van der Waals surface area contributed by atoms with Crippen LogP contribution in [0.2, 0.25) is 0 Å². The zero-order valence-electron chi connectivity index (χ0n) is 26.4. The van der Waals surface area contributed by atoms with E-state index in [2.05, 4.69) is 74.1 Å². The molecule has 0 N–H and O–H groups in total. The number of aromatic nitrogens is 1. The van der Waals surface area contributed by atoms with Crippen LogP contribution in [0.25, 0.3) is 0 Å². The molecule has 0 bridgehead atoms. The molecule has 0 amide bonds. The van der Waals surface area contributed by atoms with Gasteiger partial charge in [-0.3, -0.25) is 0 Å². The summed E-state index contributed by atoms with van der Waals surface area (Å²) in [5.74, 6) is 0. The summed E-state index contributed by atoms with van der Waals surface area (Å²) < 4.78 is 2.55. The van der Waals surface area contributed by atoms with E-state index in [1.54, 1.807) is 11.1 Å². The summed E-state index contributed by atoms with van der Waals surface area (Å²) in [6.07, 6.45) is 36.7. The topological polar surface area (TPSA) is 3.88 Å². The molecule has 39 heavy (non-hydrogen) atoms. The van der Waals surface area contributed by atoms with Crippen molar-refractivity contribution in [2.75, 3.05) is 0 Å². The first kappa shape index (κ1) is 33.6. The molecule has 1 unspecified atom stereocenters. The monoisotopic (exact) mass is 535 g/mol. The van der Waals surface area contributed by atoms with Crippen LogP contribution in [0, 0.1) is 0 Å². The fraction of sp³-hybridized carbons (Fsp3) is 0.711. The molecule has 0 aliphatic rings. The van der Waals surface area contributed by atoms with E-state index in [1.165, 1.54) is 147 Å². The lowest BCUT2D eigenvalue weighted by Crippen LogP contribution is -2.40. The smallest absolute Gasteiger partial charge is 0.183 e. The van der Waals surface area contributed by atoms with Gasteiger partial charge < -0.3 is 0 Å². The maximum absolute atomic E-state index is 2.55. The Balaban J connectivity index is 1.83. The standard InChI is InChI=1S/C38H64N/c1-4-7-9-11-13-15-17-19-21-24-28-35-32-36(29-25-22-20-18-16-14-12-10-8-5-2)34-39(33-35)38(6-3)37-30-26-23-27-31-37/h23,26-27,30-34,38H,4-22,24-25,28-29H2,1-3H3/q+1. The molecule has 0 fully saturated rings. The van der Waals surface area contributed by atoms with Crippen LogP contribution < -0.4 is 4.57 Å². The Hall–Kier alpha value is -1.63. The largest absolute Gasteiger partial charge is 0.198 e. The lowest BCUT2D eigenvalue weighted by molar-refractivity contribution is -0.714. The number of hydrogen-bond donors (Lipinski definition) is 0. The minimum atomic E-state index is 0.435. The average Bonchev–Trinajstić information content (AvgIpc) is 2.96. The second-order valence-corrected chi connectivity index (χ2v) is 12.2. The second kappa shape index (κ2) is 23.1. The fourth-order valence-corrected chi connectivity index (χ4v) is 6.11. The van der Waals surface area contributed by atoms with E-state index in [0.29, 0.717) is 6.04 Å². The zero-order valence-corrected chi connectivity index (χ0v) is 26.4. The van der Waals surface area contributed by atoms with Crippen LogP contribution in [-0.4, -0.2) is 0 Å². The second-order valence-electron chi connectivity index (χ2n) is 12.2. The molecular weight excluding hydrogens is 470 g/mol. The number of aryl methyl sites for hydroxylation is 2. The van der Waals surface area contributed by atoms with Crippen LogP contribution in [0.15, 0.2) is 48.8 Å². The molecule has 220 valence electrons. The first-order valence-electron chi connectivity index (χ1n) is 17.4. The highest BCUT2D eigenvalue weighted by atomic mass is 15.0. The van der Waals surface area contributed by atoms with Gasteiger partial charge in [-0.15, -0.1) is 0 Å². The van der Waals surface area contributed by atoms with Crippen LogP contribution >= 0.6 is 0 Å². The van der Waals surface area contributed by atoms with Gasteiger partial charge in [0.15, 0.2) is 18.4 Å². The first-order chi connectivity index (χ1) is 19.3. The van der Waals surface area contributed by atoms with E-state index in [4.69, 9.17) is 0 Å². The Labute approximate surface area is 244 Å². The number of unbranched alkanes of at least 4 members (excludes halogenated alkanes) is 18. The van der Waals surface area contributed by atoms with Crippen LogP contribution in [0.4, 0.5) is 0 Å². The van der Waals surface area contributed by atoms with Crippen molar-refractivity contribution in [3.63, 3.8) is 0 Å². The zero-order chi connectivity index (χ0) is 27.8. The molecule has 0 aliphatic carbocycles. The SMILES string of the molecule is CCCCCCCCCCCCc1cc(CCCCCCCCCCCC)c[n+](C(CC)c2ccccc2)c1. The van der Waals surface area contributed by atoms with E-state index in [1.807, 2.05) is 0 Å². The van der Waals surface area contributed by atoms with Crippen molar-refractivity contribution in [3.8, 4) is 0 Å². The van der Waals surface area contributed by atoms with Crippen LogP contribution in [0.3, 0.4) is 0 Å². The molecule has 0 saturated carbocycles. The van der Waals surface area contributed by atoms with E-state index >= 15 is 0 Å². The third-order valence-corrected chi connectivity index (χ3v) is 8.57. The molecule has 1 atom stereocenters. The average molecular weight is 535 g/mol. The van der Waals surface area contributed by atoms with Crippen molar-refractivity contribution in [1.82, 2.24) is 0 Å². The fourth-order valence-electron chi connectivity index (χ4n) is 6.11. The van der Waals surface area contributed by atoms with Crippen molar-refractivity contribution in [2.45, 2.75) is 174 Å². The Kier molecular flexibility index (Phi) is 19.9. The number of nitrogens with zero attached hydrogens (tertiary/aromatic N) is 1. The molecule has 0 radical (unpaired) electrons. The van der Waals surface area contributed by atoms with Gasteiger partial charge in [0.05, 0.1) is 0 Å². The van der Waals surface area contributed by atoms with E-state index in [-0.39, 0.29) is 0 Å². The third-order valence-electron chi connectivity index (χ3n) is 8.57. The molecule has 2 rings (SSSR count). The Morgan fingerprint density at radius 3 is 1.26 bits per heavy atom. The van der Waals surface area contributed by atoms with Gasteiger partial charge in [-0.2, -0.15) is 4.57 Å². The lowest BCUT2D eigenvalue weighted by atomic mass is 9.99. The van der Waals surface area contributed by atoms with Gasteiger partial charge in [-0.05, 0) is 31.7 Å². The highest BCUT2D eigenvalue weighted by molar-refractivity contribution is 5.19. The summed E-state index contributed by atoms with van der Waals surface area (Å²) in [6.45, 7) is 6.94. The van der Waals surface area contributed by atoms with Crippen molar-refractivity contribution in [3.05, 3.63) is 65.5 Å². The Morgan fingerprint density at radius 1 is 0.487 bits per heavy atom. The normalized spacial score (nSPS) is 12.2. The minimum Gasteiger partial charge on any atom is -0.198 e. The quantitative estimate of drug-likeness (QED) is 0.0880. The van der Waals surface area contributed by atoms with Crippen LogP contribution in [-0.2, 0) is 12.8 Å². The maximum Gasteiger partial charge on any atom is 0.183 e. The summed E-state index contributed by atoms with van der Waals surface area (Å²) in [7, 11) is 0. The number of benzene rings is 1. The summed E-state index contributed by atoms with van der Waals surface area (Å²) in [6, 6.07) is 14.1. The summed E-state index contributed by atoms with van der Waals surface area (Å²) in [5.41, 5.74) is 4.54. The van der Waals surface area contributed by atoms with Gasteiger partial charge in [0, 0.05) is 23.1 Å². The highest BCUT2D eigenvalue weighted by Crippen LogP contribution is 2.19. The van der Waals surface area contributed by atoms with E-state index in [9.17, 15) is 0 Å². The van der Waals surface area contributed by atoms with Gasteiger partial charge in [0.2, 0.25) is 0 Å². The molecule has 1 heteroatoms. The molecule has 1 aromatic carbocycles. The summed E-state index contributed by atoms with van der Waals surface area (Å²) >= 11 is 0. The van der Waals surface area contributed by atoms with Gasteiger partial charge in [-0.1, -0.05) is 167 Å². The van der Waals surface area contributed by atoms with Gasteiger partial charge in [0.1, 0.15) is 0 Å². The minimum absolute atomic E-state index is 0.435. The van der Waals surface area contributed by atoms with Crippen molar-refractivity contribution in [1.29, 1.82) is 0 Å².